The quantitative estimate of drug-likeness (QED) is 0.613. The first kappa shape index (κ1) is 16.9. The molecule has 1 amide bonds. The second-order valence-corrected chi connectivity index (χ2v) is 5.13. The standard InChI is InChI=1S/C13H26N2O3/c1-5-6-8(2)9(3)11(7-12(16)17)15-13(18)10(4)14/h8-11H,5-7,14H2,1-4H3,(H,15,18)(H,16,17). The minimum atomic E-state index is -0.902. The van der Waals surface area contributed by atoms with Gasteiger partial charge >= 0.3 is 5.97 Å². The van der Waals surface area contributed by atoms with E-state index in [1.165, 1.54) is 0 Å². The summed E-state index contributed by atoms with van der Waals surface area (Å²) >= 11 is 0. The number of nitrogens with two attached hydrogens (primary N) is 1. The molecule has 0 aromatic heterocycles. The van der Waals surface area contributed by atoms with Crippen LogP contribution in [0.25, 0.3) is 0 Å². The van der Waals surface area contributed by atoms with Crippen molar-refractivity contribution >= 4 is 11.9 Å². The van der Waals surface area contributed by atoms with E-state index in [0.29, 0.717) is 5.92 Å². The van der Waals surface area contributed by atoms with Crippen molar-refractivity contribution in [3.63, 3.8) is 0 Å². The predicted octanol–water partition coefficient (Wildman–Crippen LogP) is 1.37. The fourth-order valence-electron chi connectivity index (χ4n) is 1.99. The maximum absolute atomic E-state index is 11.6. The molecule has 0 aliphatic heterocycles. The smallest absolute Gasteiger partial charge is 0.305 e. The van der Waals surface area contributed by atoms with Crippen LogP contribution in [-0.4, -0.2) is 29.1 Å². The van der Waals surface area contributed by atoms with Gasteiger partial charge in [-0.1, -0.05) is 33.6 Å². The second kappa shape index (κ2) is 8.08. The molecular weight excluding hydrogens is 232 g/mol. The highest BCUT2D eigenvalue weighted by Gasteiger charge is 2.26. The van der Waals surface area contributed by atoms with Crippen LogP contribution in [-0.2, 0) is 9.59 Å². The third-order valence-corrected chi connectivity index (χ3v) is 3.41. The lowest BCUT2D eigenvalue weighted by Crippen LogP contribution is -2.48. The van der Waals surface area contributed by atoms with Crippen molar-refractivity contribution in [1.82, 2.24) is 5.32 Å². The van der Waals surface area contributed by atoms with E-state index in [1.54, 1.807) is 6.92 Å². The van der Waals surface area contributed by atoms with E-state index in [-0.39, 0.29) is 24.3 Å². The van der Waals surface area contributed by atoms with Crippen molar-refractivity contribution in [2.75, 3.05) is 0 Å². The number of carbonyl (C=O) groups is 2. The first-order chi connectivity index (χ1) is 8.29. The highest BCUT2D eigenvalue weighted by Crippen LogP contribution is 2.22. The van der Waals surface area contributed by atoms with Gasteiger partial charge in [0.05, 0.1) is 12.5 Å². The second-order valence-electron chi connectivity index (χ2n) is 5.13. The predicted molar refractivity (Wildman–Crippen MR) is 71.1 cm³/mol. The summed E-state index contributed by atoms with van der Waals surface area (Å²) in [6.07, 6.45) is 2.01. The SMILES string of the molecule is CCCC(C)C(C)C(CC(=O)O)NC(=O)C(C)N. The highest BCUT2D eigenvalue weighted by molar-refractivity contribution is 5.82. The molecule has 0 radical (unpaired) electrons. The molecule has 18 heavy (non-hydrogen) atoms. The summed E-state index contributed by atoms with van der Waals surface area (Å²) in [5, 5.41) is 11.7. The molecule has 5 heteroatoms. The zero-order valence-electron chi connectivity index (χ0n) is 11.8. The molecule has 0 rings (SSSR count). The molecular formula is C13H26N2O3. The Hall–Kier alpha value is -1.10. The van der Waals surface area contributed by atoms with Crippen molar-refractivity contribution in [3.8, 4) is 0 Å². The van der Waals surface area contributed by atoms with E-state index in [2.05, 4.69) is 19.2 Å². The van der Waals surface area contributed by atoms with Gasteiger partial charge in [0.1, 0.15) is 0 Å². The normalized spacial score (nSPS) is 17.6. The van der Waals surface area contributed by atoms with Gasteiger partial charge in [-0.15, -0.1) is 0 Å². The number of hydrogen-bond acceptors (Lipinski definition) is 3. The average molecular weight is 258 g/mol. The number of carboxylic acids is 1. The van der Waals surface area contributed by atoms with Crippen molar-refractivity contribution in [2.24, 2.45) is 17.6 Å². The molecule has 0 bridgehead atoms. The maximum atomic E-state index is 11.6. The summed E-state index contributed by atoms with van der Waals surface area (Å²) in [6.45, 7) is 7.75. The van der Waals surface area contributed by atoms with Crippen molar-refractivity contribution < 1.29 is 14.7 Å². The molecule has 4 unspecified atom stereocenters. The van der Waals surface area contributed by atoms with Crippen LogP contribution in [0.2, 0.25) is 0 Å². The van der Waals surface area contributed by atoms with Crippen LogP contribution in [0.15, 0.2) is 0 Å². The van der Waals surface area contributed by atoms with E-state index < -0.39 is 12.0 Å². The van der Waals surface area contributed by atoms with E-state index >= 15 is 0 Å². The lowest BCUT2D eigenvalue weighted by molar-refractivity contribution is -0.138. The summed E-state index contributed by atoms with van der Waals surface area (Å²) in [7, 11) is 0. The molecule has 0 aliphatic rings. The van der Waals surface area contributed by atoms with Gasteiger partial charge in [-0.25, -0.2) is 0 Å². The van der Waals surface area contributed by atoms with Crippen LogP contribution in [0.1, 0.15) is 47.0 Å². The van der Waals surface area contributed by atoms with Gasteiger partial charge in [-0.3, -0.25) is 9.59 Å². The van der Waals surface area contributed by atoms with Gasteiger partial charge in [-0.05, 0) is 18.8 Å². The Bertz CT molecular complexity index is 279. The lowest BCUT2D eigenvalue weighted by Gasteiger charge is -2.29. The molecule has 0 saturated carbocycles. The fourth-order valence-corrected chi connectivity index (χ4v) is 1.99. The molecule has 0 aromatic carbocycles. The van der Waals surface area contributed by atoms with Crippen LogP contribution in [0.4, 0.5) is 0 Å². The molecule has 4 N–H and O–H groups in total. The number of carboxylic acid groups (broad SMARTS) is 1. The van der Waals surface area contributed by atoms with E-state index in [1.807, 2.05) is 6.92 Å². The number of carbonyl (C=O) groups excluding carboxylic acids is 1. The average Bonchev–Trinajstić information content (AvgIpc) is 2.26. The third kappa shape index (κ3) is 6.00. The van der Waals surface area contributed by atoms with Gasteiger partial charge in [-0.2, -0.15) is 0 Å². The summed E-state index contributed by atoms with van der Waals surface area (Å²) < 4.78 is 0. The minimum absolute atomic E-state index is 0.0618. The van der Waals surface area contributed by atoms with Crippen molar-refractivity contribution in [2.45, 2.75) is 59.0 Å². The topological polar surface area (TPSA) is 92.4 Å². The number of hydrogen-bond donors (Lipinski definition) is 3. The van der Waals surface area contributed by atoms with Gasteiger partial charge in [0.25, 0.3) is 0 Å². The Morgan fingerprint density at radius 3 is 2.22 bits per heavy atom. The Morgan fingerprint density at radius 1 is 1.28 bits per heavy atom. The summed E-state index contributed by atoms with van der Waals surface area (Å²) in [6, 6.07) is -0.975. The Morgan fingerprint density at radius 2 is 1.83 bits per heavy atom. The summed E-state index contributed by atoms with van der Waals surface area (Å²) in [4.78, 5) is 22.5. The van der Waals surface area contributed by atoms with E-state index in [0.717, 1.165) is 12.8 Å². The number of nitrogens with one attached hydrogen (secondary N) is 1. The molecule has 0 aromatic rings. The zero-order chi connectivity index (χ0) is 14.3. The minimum Gasteiger partial charge on any atom is -0.481 e. The van der Waals surface area contributed by atoms with E-state index in [9.17, 15) is 9.59 Å². The van der Waals surface area contributed by atoms with Crippen LogP contribution in [0.5, 0.6) is 0 Å². The molecule has 0 aliphatic carbocycles. The Labute approximate surface area is 109 Å². The molecule has 4 atom stereocenters. The highest BCUT2D eigenvalue weighted by atomic mass is 16.4. The van der Waals surface area contributed by atoms with Gasteiger partial charge < -0.3 is 16.2 Å². The number of amides is 1. The molecule has 0 fully saturated rings. The number of aliphatic carboxylic acids is 1. The van der Waals surface area contributed by atoms with Crippen molar-refractivity contribution in [1.29, 1.82) is 0 Å². The zero-order valence-corrected chi connectivity index (χ0v) is 11.8. The van der Waals surface area contributed by atoms with Crippen LogP contribution in [0, 0.1) is 11.8 Å². The molecule has 0 spiro atoms. The lowest BCUT2D eigenvalue weighted by atomic mass is 9.84. The van der Waals surface area contributed by atoms with Crippen LogP contribution in [0.3, 0.4) is 0 Å². The summed E-state index contributed by atoms with van der Waals surface area (Å²) in [5.41, 5.74) is 5.49. The first-order valence-electron chi connectivity index (χ1n) is 6.57. The van der Waals surface area contributed by atoms with Gasteiger partial charge in [0.2, 0.25) is 5.91 Å². The van der Waals surface area contributed by atoms with Crippen molar-refractivity contribution in [3.05, 3.63) is 0 Å². The van der Waals surface area contributed by atoms with Crippen LogP contribution < -0.4 is 11.1 Å². The van der Waals surface area contributed by atoms with E-state index in [4.69, 9.17) is 10.8 Å². The van der Waals surface area contributed by atoms with Crippen LogP contribution >= 0.6 is 0 Å². The first-order valence-corrected chi connectivity index (χ1v) is 6.57. The fraction of sp³-hybridized carbons (Fsp3) is 0.846. The molecule has 106 valence electrons. The Balaban J connectivity index is 4.65. The number of rotatable bonds is 8. The largest absolute Gasteiger partial charge is 0.481 e. The Kier molecular flexibility index (Phi) is 7.59. The molecule has 0 heterocycles. The van der Waals surface area contributed by atoms with Gasteiger partial charge in [0, 0.05) is 6.04 Å². The maximum Gasteiger partial charge on any atom is 0.305 e. The molecule has 0 saturated heterocycles. The van der Waals surface area contributed by atoms with Gasteiger partial charge in [0.15, 0.2) is 0 Å². The summed E-state index contributed by atoms with van der Waals surface area (Å²) in [5.74, 6) is -0.714. The third-order valence-electron chi connectivity index (χ3n) is 3.41. The molecule has 5 nitrogen and oxygen atoms in total. The monoisotopic (exact) mass is 258 g/mol.